The second kappa shape index (κ2) is 4.36. The average Bonchev–Trinajstić information content (AvgIpc) is 3.07. The zero-order valence-corrected chi connectivity index (χ0v) is 10.0. The highest BCUT2D eigenvalue weighted by molar-refractivity contribution is 5.81. The number of rotatable bonds is 2. The second-order valence-corrected chi connectivity index (χ2v) is 5.60. The van der Waals surface area contributed by atoms with Gasteiger partial charge in [0.05, 0.1) is 0 Å². The fourth-order valence-electron chi connectivity index (χ4n) is 3.11. The molecule has 2 heterocycles. The Morgan fingerprint density at radius 1 is 0.938 bits per heavy atom. The molecule has 3 rings (SSSR count). The normalized spacial score (nSPS) is 32.0. The van der Waals surface area contributed by atoms with Crippen molar-refractivity contribution in [2.75, 3.05) is 26.2 Å². The van der Waals surface area contributed by atoms with Gasteiger partial charge < -0.3 is 4.90 Å². The summed E-state index contributed by atoms with van der Waals surface area (Å²) in [7, 11) is 0. The lowest BCUT2D eigenvalue weighted by molar-refractivity contribution is -0.131. The van der Waals surface area contributed by atoms with Gasteiger partial charge in [-0.15, -0.1) is 0 Å². The molecule has 3 fully saturated rings. The molecule has 3 heteroatoms. The van der Waals surface area contributed by atoms with Gasteiger partial charge in [0.2, 0.25) is 5.91 Å². The molecule has 1 unspecified atom stereocenters. The summed E-state index contributed by atoms with van der Waals surface area (Å²) in [6, 6.07) is 0.669. The van der Waals surface area contributed by atoms with Gasteiger partial charge in [-0.1, -0.05) is 6.42 Å². The van der Waals surface area contributed by atoms with Crippen molar-refractivity contribution in [3.8, 4) is 0 Å². The van der Waals surface area contributed by atoms with Gasteiger partial charge in [0.1, 0.15) is 0 Å². The molecule has 1 saturated carbocycles. The van der Waals surface area contributed by atoms with E-state index in [0.717, 1.165) is 25.9 Å². The number of piperidine rings is 1. The van der Waals surface area contributed by atoms with E-state index in [2.05, 4.69) is 9.80 Å². The van der Waals surface area contributed by atoms with Crippen molar-refractivity contribution in [1.29, 1.82) is 0 Å². The first-order valence-corrected chi connectivity index (χ1v) is 6.87. The van der Waals surface area contributed by atoms with Crippen LogP contribution in [-0.2, 0) is 4.79 Å². The van der Waals surface area contributed by atoms with E-state index in [1.807, 2.05) is 0 Å². The molecule has 2 saturated heterocycles. The van der Waals surface area contributed by atoms with E-state index >= 15 is 0 Å². The van der Waals surface area contributed by atoms with E-state index in [0.29, 0.717) is 17.9 Å². The Morgan fingerprint density at radius 3 is 2.38 bits per heavy atom. The molecule has 1 amide bonds. The van der Waals surface area contributed by atoms with Crippen LogP contribution in [0.1, 0.15) is 38.5 Å². The molecule has 3 aliphatic rings. The molecule has 16 heavy (non-hydrogen) atoms. The van der Waals surface area contributed by atoms with Gasteiger partial charge in [0.25, 0.3) is 0 Å². The van der Waals surface area contributed by atoms with Gasteiger partial charge in [0.15, 0.2) is 0 Å². The highest BCUT2D eigenvalue weighted by Gasteiger charge is 2.37. The third kappa shape index (κ3) is 2.10. The fraction of sp³-hybridized carbons (Fsp3) is 0.923. The predicted molar refractivity (Wildman–Crippen MR) is 63.1 cm³/mol. The standard InChI is InChI=1S/C13H22N2O/c16-13(11-4-5-11)15-9-6-12(10-15)14-7-2-1-3-8-14/h11-12H,1-10H2. The number of carbonyl (C=O) groups excluding carboxylic acids is 1. The minimum Gasteiger partial charge on any atom is -0.341 e. The number of nitrogens with zero attached hydrogens (tertiary/aromatic N) is 2. The van der Waals surface area contributed by atoms with Crippen LogP contribution in [0.5, 0.6) is 0 Å². The van der Waals surface area contributed by atoms with Gasteiger partial charge >= 0.3 is 0 Å². The lowest BCUT2D eigenvalue weighted by Crippen LogP contribution is -2.41. The van der Waals surface area contributed by atoms with Crippen LogP contribution in [0.15, 0.2) is 0 Å². The highest BCUT2D eigenvalue weighted by Crippen LogP contribution is 2.32. The van der Waals surface area contributed by atoms with E-state index in [1.54, 1.807) is 0 Å². The SMILES string of the molecule is O=C(C1CC1)N1CCC(N2CCCCC2)C1. The van der Waals surface area contributed by atoms with Crippen LogP contribution < -0.4 is 0 Å². The first-order chi connectivity index (χ1) is 7.84. The lowest BCUT2D eigenvalue weighted by atomic mass is 10.1. The van der Waals surface area contributed by atoms with Crippen LogP contribution in [0.3, 0.4) is 0 Å². The number of likely N-dealkylation sites (tertiary alicyclic amines) is 2. The molecular formula is C13H22N2O. The Morgan fingerprint density at radius 2 is 1.69 bits per heavy atom. The van der Waals surface area contributed by atoms with Gasteiger partial charge in [-0.2, -0.15) is 0 Å². The van der Waals surface area contributed by atoms with Crippen LogP contribution in [0, 0.1) is 5.92 Å². The predicted octanol–water partition coefficient (Wildman–Crippen LogP) is 1.48. The van der Waals surface area contributed by atoms with E-state index in [9.17, 15) is 4.79 Å². The molecule has 0 spiro atoms. The van der Waals surface area contributed by atoms with E-state index in [4.69, 9.17) is 0 Å². The quantitative estimate of drug-likeness (QED) is 0.706. The van der Waals surface area contributed by atoms with Crippen LogP contribution >= 0.6 is 0 Å². The maximum absolute atomic E-state index is 11.9. The lowest BCUT2D eigenvalue weighted by Gasteiger charge is -2.32. The van der Waals surface area contributed by atoms with Crippen LogP contribution in [-0.4, -0.2) is 47.9 Å². The van der Waals surface area contributed by atoms with E-state index in [1.165, 1.54) is 38.8 Å². The molecule has 1 atom stereocenters. The van der Waals surface area contributed by atoms with Gasteiger partial charge in [-0.05, 0) is 45.2 Å². The zero-order chi connectivity index (χ0) is 11.0. The third-order valence-electron chi connectivity index (χ3n) is 4.31. The van der Waals surface area contributed by atoms with E-state index < -0.39 is 0 Å². The molecule has 3 nitrogen and oxygen atoms in total. The molecule has 0 aromatic carbocycles. The summed E-state index contributed by atoms with van der Waals surface area (Å²) in [4.78, 5) is 16.7. The van der Waals surface area contributed by atoms with Crippen molar-refractivity contribution in [1.82, 2.24) is 9.80 Å². The smallest absolute Gasteiger partial charge is 0.225 e. The molecule has 1 aliphatic carbocycles. The third-order valence-corrected chi connectivity index (χ3v) is 4.31. The largest absolute Gasteiger partial charge is 0.341 e. The molecule has 0 aromatic heterocycles. The number of hydrogen-bond acceptors (Lipinski definition) is 2. The monoisotopic (exact) mass is 222 g/mol. The van der Waals surface area contributed by atoms with Crippen molar-refractivity contribution in [3.63, 3.8) is 0 Å². The fourth-order valence-corrected chi connectivity index (χ4v) is 3.11. The Hall–Kier alpha value is -0.570. The molecule has 0 radical (unpaired) electrons. The summed E-state index contributed by atoms with van der Waals surface area (Å²) in [6.07, 6.45) is 7.60. The Kier molecular flexibility index (Phi) is 2.88. The number of hydrogen-bond donors (Lipinski definition) is 0. The maximum atomic E-state index is 11.9. The molecule has 0 N–H and O–H groups in total. The number of carbonyl (C=O) groups is 1. The second-order valence-electron chi connectivity index (χ2n) is 5.60. The summed E-state index contributed by atoms with van der Waals surface area (Å²) in [5.74, 6) is 0.847. The molecule has 90 valence electrons. The summed E-state index contributed by atoms with van der Waals surface area (Å²) in [6.45, 7) is 4.54. The average molecular weight is 222 g/mol. The Bertz CT molecular complexity index is 269. The van der Waals surface area contributed by atoms with Crippen molar-refractivity contribution >= 4 is 5.91 Å². The van der Waals surface area contributed by atoms with Crippen molar-refractivity contribution in [2.45, 2.75) is 44.6 Å². The van der Waals surface area contributed by atoms with Crippen LogP contribution in [0.25, 0.3) is 0 Å². The first kappa shape index (κ1) is 10.6. The Balaban J connectivity index is 1.53. The topological polar surface area (TPSA) is 23.6 Å². The maximum Gasteiger partial charge on any atom is 0.225 e. The minimum atomic E-state index is 0.403. The van der Waals surface area contributed by atoms with Gasteiger partial charge in [-0.3, -0.25) is 9.69 Å². The van der Waals surface area contributed by atoms with Crippen molar-refractivity contribution in [2.24, 2.45) is 5.92 Å². The highest BCUT2D eigenvalue weighted by atomic mass is 16.2. The molecule has 0 aromatic rings. The first-order valence-electron chi connectivity index (χ1n) is 6.87. The summed E-state index contributed by atoms with van der Waals surface area (Å²) in [5, 5.41) is 0. The van der Waals surface area contributed by atoms with Crippen molar-refractivity contribution in [3.05, 3.63) is 0 Å². The van der Waals surface area contributed by atoms with Crippen LogP contribution in [0.4, 0.5) is 0 Å². The van der Waals surface area contributed by atoms with Gasteiger partial charge in [0, 0.05) is 25.0 Å². The molecule has 2 aliphatic heterocycles. The minimum absolute atomic E-state index is 0.403. The molecule has 0 bridgehead atoms. The summed E-state index contributed by atoms with van der Waals surface area (Å²) < 4.78 is 0. The number of amides is 1. The summed E-state index contributed by atoms with van der Waals surface area (Å²) >= 11 is 0. The van der Waals surface area contributed by atoms with Crippen molar-refractivity contribution < 1.29 is 4.79 Å². The summed E-state index contributed by atoms with van der Waals surface area (Å²) in [5.41, 5.74) is 0. The zero-order valence-electron chi connectivity index (χ0n) is 10.0. The van der Waals surface area contributed by atoms with Gasteiger partial charge in [-0.25, -0.2) is 0 Å². The van der Waals surface area contributed by atoms with Crippen LogP contribution in [0.2, 0.25) is 0 Å². The van der Waals surface area contributed by atoms with E-state index in [-0.39, 0.29) is 0 Å². The molecular weight excluding hydrogens is 200 g/mol. The Labute approximate surface area is 97.8 Å².